The Labute approximate surface area is 105 Å². The summed E-state index contributed by atoms with van der Waals surface area (Å²) in [6.45, 7) is 7.55. The quantitative estimate of drug-likeness (QED) is 0.898. The lowest BCUT2D eigenvalue weighted by Crippen LogP contribution is -2.20. The molecular weight excluding hydrogens is 232 g/mol. The summed E-state index contributed by atoms with van der Waals surface area (Å²) in [5.74, 6) is 0.463. The van der Waals surface area contributed by atoms with Crippen LogP contribution in [0.1, 0.15) is 22.8 Å². The number of aromatic nitrogens is 3. The monoisotopic (exact) mass is 248 g/mol. The van der Waals surface area contributed by atoms with Crippen molar-refractivity contribution in [3.05, 3.63) is 28.9 Å². The van der Waals surface area contributed by atoms with Crippen molar-refractivity contribution >= 4 is 11.6 Å². The zero-order valence-corrected chi connectivity index (χ0v) is 10.9. The number of hydrogen-bond acceptors (Lipinski definition) is 4. The van der Waals surface area contributed by atoms with Gasteiger partial charge in [0, 0.05) is 5.69 Å². The van der Waals surface area contributed by atoms with Gasteiger partial charge in [-0.15, -0.1) is 0 Å². The van der Waals surface area contributed by atoms with E-state index < -0.39 is 0 Å². The topological polar surface area (TPSA) is 73.0 Å². The van der Waals surface area contributed by atoms with Gasteiger partial charge in [-0.3, -0.25) is 9.48 Å². The Balaban J connectivity index is 2.08. The summed E-state index contributed by atoms with van der Waals surface area (Å²) in [4.78, 5) is 11.9. The first-order valence-electron chi connectivity index (χ1n) is 5.71. The molecule has 0 aliphatic rings. The maximum absolute atomic E-state index is 11.9. The van der Waals surface area contributed by atoms with Crippen LogP contribution in [0.15, 0.2) is 10.6 Å². The number of amides is 1. The Morgan fingerprint density at radius 1 is 1.39 bits per heavy atom. The molecule has 0 aromatic carbocycles. The van der Waals surface area contributed by atoms with Crippen molar-refractivity contribution in [2.24, 2.45) is 0 Å². The number of aryl methyl sites for hydroxylation is 4. The van der Waals surface area contributed by atoms with Gasteiger partial charge in [-0.2, -0.15) is 5.10 Å². The van der Waals surface area contributed by atoms with Crippen LogP contribution in [0, 0.1) is 27.7 Å². The molecule has 0 spiro atoms. The molecule has 0 aliphatic carbocycles. The first-order valence-corrected chi connectivity index (χ1v) is 5.71. The minimum absolute atomic E-state index is 0.143. The van der Waals surface area contributed by atoms with E-state index in [-0.39, 0.29) is 12.5 Å². The third kappa shape index (κ3) is 2.42. The molecule has 6 nitrogen and oxygen atoms in total. The number of rotatable bonds is 3. The second kappa shape index (κ2) is 4.64. The van der Waals surface area contributed by atoms with Crippen LogP contribution in [0.2, 0.25) is 0 Å². The summed E-state index contributed by atoms with van der Waals surface area (Å²) in [5.41, 5.74) is 3.18. The highest BCUT2D eigenvalue weighted by Crippen LogP contribution is 2.18. The highest BCUT2D eigenvalue weighted by atomic mass is 16.5. The van der Waals surface area contributed by atoms with Crippen LogP contribution in [-0.2, 0) is 11.3 Å². The lowest BCUT2D eigenvalue weighted by atomic mass is 10.3. The molecule has 2 aromatic heterocycles. The van der Waals surface area contributed by atoms with E-state index in [2.05, 4.69) is 15.6 Å². The molecule has 2 heterocycles. The molecule has 0 atom stereocenters. The van der Waals surface area contributed by atoms with Gasteiger partial charge in [0.1, 0.15) is 17.9 Å². The van der Waals surface area contributed by atoms with E-state index in [1.807, 2.05) is 19.9 Å². The van der Waals surface area contributed by atoms with Gasteiger partial charge in [-0.1, -0.05) is 5.16 Å². The third-order valence-electron chi connectivity index (χ3n) is 2.69. The molecule has 0 saturated carbocycles. The van der Waals surface area contributed by atoms with Gasteiger partial charge in [-0.05, 0) is 33.8 Å². The molecule has 0 unspecified atom stereocenters. The summed E-state index contributed by atoms with van der Waals surface area (Å²) in [6, 6.07) is 1.93. The van der Waals surface area contributed by atoms with Crippen LogP contribution in [0.4, 0.5) is 5.69 Å². The second-order valence-corrected chi connectivity index (χ2v) is 4.33. The maximum atomic E-state index is 11.9. The maximum Gasteiger partial charge on any atom is 0.246 e. The molecule has 18 heavy (non-hydrogen) atoms. The number of nitrogens with zero attached hydrogens (tertiary/aromatic N) is 3. The smallest absolute Gasteiger partial charge is 0.246 e. The number of hydrogen-bond donors (Lipinski definition) is 1. The molecule has 0 radical (unpaired) electrons. The van der Waals surface area contributed by atoms with Crippen molar-refractivity contribution in [3.8, 4) is 0 Å². The Kier molecular flexibility index (Phi) is 3.18. The molecule has 2 aromatic rings. The lowest BCUT2D eigenvalue weighted by molar-refractivity contribution is -0.117. The van der Waals surface area contributed by atoms with E-state index in [0.717, 1.165) is 11.4 Å². The van der Waals surface area contributed by atoms with E-state index in [4.69, 9.17) is 4.52 Å². The third-order valence-corrected chi connectivity index (χ3v) is 2.69. The van der Waals surface area contributed by atoms with E-state index in [1.54, 1.807) is 18.5 Å². The summed E-state index contributed by atoms with van der Waals surface area (Å²) in [6.07, 6.45) is 0. The van der Waals surface area contributed by atoms with Crippen LogP contribution in [-0.4, -0.2) is 20.8 Å². The Hall–Kier alpha value is -2.11. The summed E-state index contributed by atoms with van der Waals surface area (Å²) in [5, 5.41) is 10.8. The summed E-state index contributed by atoms with van der Waals surface area (Å²) < 4.78 is 6.66. The van der Waals surface area contributed by atoms with Gasteiger partial charge in [0.05, 0.1) is 5.69 Å². The van der Waals surface area contributed by atoms with E-state index >= 15 is 0 Å². The lowest BCUT2D eigenvalue weighted by Gasteiger charge is -2.05. The van der Waals surface area contributed by atoms with E-state index in [1.165, 1.54) is 0 Å². The first-order chi connectivity index (χ1) is 8.47. The van der Waals surface area contributed by atoms with Crippen LogP contribution >= 0.6 is 0 Å². The van der Waals surface area contributed by atoms with Gasteiger partial charge in [0.25, 0.3) is 0 Å². The first kappa shape index (κ1) is 12.3. The molecule has 0 fully saturated rings. The Morgan fingerprint density at radius 3 is 2.61 bits per heavy atom. The summed E-state index contributed by atoms with van der Waals surface area (Å²) >= 11 is 0. The highest BCUT2D eigenvalue weighted by Gasteiger charge is 2.13. The van der Waals surface area contributed by atoms with Crippen molar-refractivity contribution in [1.82, 2.24) is 14.9 Å². The molecule has 0 bridgehead atoms. The molecular formula is C12H16N4O2. The van der Waals surface area contributed by atoms with Crippen molar-refractivity contribution in [2.75, 3.05) is 5.32 Å². The van der Waals surface area contributed by atoms with Crippen molar-refractivity contribution in [1.29, 1.82) is 0 Å². The molecule has 96 valence electrons. The minimum atomic E-state index is -0.143. The van der Waals surface area contributed by atoms with E-state index in [9.17, 15) is 4.79 Å². The Bertz CT molecular complexity index is 563. The number of carbonyl (C=O) groups is 1. The van der Waals surface area contributed by atoms with Crippen molar-refractivity contribution < 1.29 is 9.32 Å². The fourth-order valence-corrected chi connectivity index (χ4v) is 1.81. The molecule has 1 amide bonds. The van der Waals surface area contributed by atoms with Gasteiger partial charge >= 0.3 is 0 Å². The predicted molar refractivity (Wildman–Crippen MR) is 66.3 cm³/mol. The van der Waals surface area contributed by atoms with Crippen LogP contribution in [0.3, 0.4) is 0 Å². The zero-order chi connectivity index (χ0) is 13.3. The second-order valence-electron chi connectivity index (χ2n) is 4.33. The largest absolute Gasteiger partial charge is 0.359 e. The fraction of sp³-hybridized carbons (Fsp3) is 0.417. The molecule has 1 N–H and O–H groups in total. The van der Waals surface area contributed by atoms with Gasteiger partial charge in [0.15, 0.2) is 5.76 Å². The van der Waals surface area contributed by atoms with Gasteiger partial charge in [0.2, 0.25) is 5.91 Å². The van der Waals surface area contributed by atoms with Crippen molar-refractivity contribution in [3.63, 3.8) is 0 Å². The number of anilines is 1. The molecule has 2 rings (SSSR count). The van der Waals surface area contributed by atoms with Crippen LogP contribution in [0.5, 0.6) is 0 Å². The van der Waals surface area contributed by atoms with Crippen LogP contribution in [0.25, 0.3) is 0 Å². The average Bonchev–Trinajstić information content (AvgIpc) is 2.75. The summed E-state index contributed by atoms with van der Waals surface area (Å²) in [7, 11) is 0. The number of carbonyl (C=O) groups excluding carboxylic acids is 1. The van der Waals surface area contributed by atoms with Crippen molar-refractivity contribution in [2.45, 2.75) is 34.2 Å². The normalized spacial score (nSPS) is 10.7. The van der Waals surface area contributed by atoms with Gasteiger partial charge < -0.3 is 9.84 Å². The highest BCUT2D eigenvalue weighted by molar-refractivity contribution is 5.91. The SMILES string of the molecule is Cc1cc(C)n(CC(=O)Nc2c(C)noc2C)n1. The number of nitrogens with one attached hydrogen (secondary N) is 1. The Morgan fingerprint density at radius 2 is 2.11 bits per heavy atom. The molecule has 0 saturated heterocycles. The molecule has 0 aliphatic heterocycles. The standard InChI is InChI=1S/C12H16N4O2/c1-7-5-8(2)16(14-7)6-11(17)13-12-9(3)15-18-10(12)4/h5H,6H2,1-4H3,(H,13,17). The fourth-order valence-electron chi connectivity index (χ4n) is 1.81. The van der Waals surface area contributed by atoms with Gasteiger partial charge in [-0.25, -0.2) is 0 Å². The predicted octanol–water partition coefficient (Wildman–Crippen LogP) is 1.74. The zero-order valence-electron chi connectivity index (χ0n) is 10.9. The van der Waals surface area contributed by atoms with E-state index in [0.29, 0.717) is 17.1 Å². The molecule has 6 heteroatoms. The van der Waals surface area contributed by atoms with Crippen LogP contribution < -0.4 is 5.32 Å². The minimum Gasteiger partial charge on any atom is -0.359 e. The average molecular weight is 248 g/mol.